The number of carbonyl (C=O) groups excluding carboxylic acids is 2. The van der Waals surface area contributed by atoms with E-state index in [-0.39, 0.29) is 0 Å². The van der Waals surface area contributed by atoms with Crippen molar-refractivity contribution < 1.29 is 23.8 Å². The molecule has 18 heavy (non-hydrogen) atoms. The Morgan fingerprint density at radius 1 is 1.11 bits per heavy atom. The molecular weight excluding hydrogens is 238 g/mol. The van der Waals surface area contributed by atoms with Crippen molar-refractivity contribution in [2.24, 2.45) is 0 Å². The summed E-state index contributed by atoms with van der Waals surface area (Å²) in [6.07, 6.45) is -1.25. The van der Waals surface area contributed by atoms with Gasteiger partial charge in [-0.05, 0) is 34.6 Å². The number of hydrogen-bond acceptors (Lipinski definition) is 5. The summed E-state index contributed by atoms with van der Waals surface area (Å²) < 4.78 is 14.9. The molecule has 0 bridgehead atoms. The van der Waals surface area contributed by atoms with Gasteiger partial charge in [0.15, 0.2) is 5.54 Å². The Labute approximate surface area is 108 Å². The van der Waals surface area contributed by atoms with E-state index in [9.17, 15) is 9.59 Å². The van der Waals surface area contributed by atoms with E-state index in [1.165, 1.54) is 21.1 Å². The number of rotatable bonds is 4. The molecular formula is C12H23NO5. The van der Waals surface area contributed by atoms with Crippen LogP contribution in [0.25, 0.3) is 0 Å². The molecule has 0 saturated carbocycles. The number of amides is 1. The highest BCUT2D eigenvalue weighted by Crippen LogP contribution is 2.16. The van der Waals surface area contributed by atoms with Crippen molar-refractivity contribution >= 4 is 12.1 Å². The maximum atomic E-state index is 11.8. The second-order valence-corrected chi connectivity index (χ2v) is 5.20. The molecule has 0 saturated heterocycles. The zero-order chi connectivity index (χ0) is 14.6. The van der Waals surface area contributed by atoms with Crippen molar-refractivity contribution in [1.82, 2.24) is 5.32 Å². The van der Waals surface area contributed by atoms with Crippen LogP contribution in [0, 0.1) is 0 Å². The summed E-state index contributed by atoms with van der Waals surface area (Å²) in [5.41, 5.74) is -1.94. The Morgan fingerprint density at radius 2 is 1.61 bits per heavy atom. The average Bonchev–Trinajstić information content (AvgIpc) is 2.23. The van der Waals surface area contributed by atoms with E-state index in [2.05, 4.69) is 10.1 Å². The van der Waals surface area contributed by atoms with E-state index in [1.54, 1.807) is 27.7 Å². The van der Waals surface area contributed by atoms with Crippen LogP contribution in [0.3, 0.4) is 0 Å². The third-order valence-electron chi connectivity index (χ3n) is 2.54. The Bertz CT molecular complexity index is 310. The fourth-order valence-corrected chi connectivity index (χ4v) is 1.28. The highest BCUT2D eigenvalue weighted by Gasteiger charge is 2.43. The molecule has 1 N–H and O–H groups in total. The lowest BCUT2D eigenvalue weighted by atomic mass is 9.96. The summed E-state index contributed by atoms with van der Waals surface area (Å²) in [6, 6.07) is 0. The molecule has 2 atom stereocenters. The molecule has 0 fully saturated rings. The number of nitrogens with one attached hydrogen (secondary N) is 1. The summed E-state index contributed by atoms with van der Waals surface area (Å²) in [7, 11) is 2.70. The highest BCUT2D eigenvalue weighted by molar-refractivity contribution is 5.86. The molecule has 6 heteroatoms. The molecule has 0 spiro atoms. The second kappa shape index (κ2) is 6.04. The normalized spacial score (nSPS) is 16.4. The van der Waals surface area contributed by atoms with Crippen molar-refractivity contribution in [2.45, 2.75) is 51.9 Å². The van der Waals surface area contributed by atoms with Crippen LogP contribution >= 0.6 is 0 Å². The monoisotopic (exact) mass is 261 g/mol. The quantitative estimate of drug-likeness (QED) is 0.776. The van der Waals surface area contributed by atoms with Crippen molar-refractivity contribution in [3.05, 3.63) is 0 Å². The van der Waals surface area contributed by atoms with Crippen LogP contribution in [0.1, 0.15) is 34.6 Å². The molecule has 0 radical (unpaired) electrons. The number of carbonyl (C=O) groups is 2. The largest absolute Gasteiger partial charge is 0.467 e. The molecule has 0 heterocycles. The van der Waals surface area contributed by atoms with Crippen molar-refractivity contribution in [2.75, 3.05) is 14.2 Å². The van der Waals surface area contributed by atoms with Gasteiger partial charge in [0.05, 0.1) is 13.2 Å². The first-order valence-corrected chi connectivity index (χ1v) is 5.69. The van der Waals surface area contributed by atoms with Crippen molar-refractivity contribution in [3.8, 4) is 0 Å². The maximum absolute atomic E-state index is 11.8. The van der Waals surface area contributed by atoms with E-state index in [1.807, 2.05) is 0 Å². The predicted molar refractivity (Wildman–Crippen MR) is 66.3 cm³/mol. The number of alkyl carbamates (subject to hydrolysis) is 1. The third-order valence-corrected chi connectivity index (χ3v) is 2.54. The minimum absolute atomic E-state index is 0.558. The lowest BCUT2D eigenvalue weighted by molar-refractivity contribution is -0.153. The minimum atomic E-state index is -1.30. The molecule has 0 aliphatic heterocycles. The smallest absolute Gasteiger partial charge is 0.408 e. The summed E-state index contributed by atoms with van der Waals surface area (Å²) in [6.45, 7) is 8.40. The first-order valence-electron chi connectivity index (χ1n) is 5.69. The van der Waals surface area contributed by atoms with Gasteiger partial charge in [0, 0.05) is 7.11 Å². The van der Waals surface area contributed by atoms with Crippen LogP contribution in [0.2, 0.25) is 0 Å². The summed E-state index contributed by atoms with van der Waals surface area (Å²) in [4.78, 5) is 23.5. The van der Waals surface area contributed by atoms with E-state index >= 15 is 0 Å². The van der Waals surface area contributed by atoms with Gasteiger partial charge in [-0.15, -0.1) is 0 Å². The molecule has 0 aliphatic carbocycles. The van der Waals surface area contributed by atoms with Crippen LogP contribution < -0.4 is 5.32 Å². The average molecular weight is 261 g/mol. The van der Waals surface area contributed by atoms with E-state index in [4.69, 9.17) is 9.47 Å². The van der Waals surface area contributed by atoms with E-state index in [0.717, 1.165) is 0 Å². The van der Waals surface area contributed by atoms with Gasteiger partial charge in [-0.2, -0.15) is 0 Å². The molecule has 0 aliphatic rings. The third kappa shape index (κ3) is 4.52. The van der Waals surface area contributed by atoms with Gasteiger partial charge in [-0.3, -0.25) is 0 Å². The van der Waals surface area contributed by atoms with Gasteiger partial charge in [-0.25, -0.2) is 9.59 Å². The topological polar surface area (TPSA) is 73.9 Å². The SMILES string of the molecule is COC(=O)[C@](C)(NC(=O)OC(C)(C)C)[C@@H](C)OC. The number of ether oxygens (including phenoxy) is 3. The Hall–Kier alpha value is -1.30. The zero-order valence-electron chi connectivity index (χ0n) is 12.1. The number of methoxy groups -OCH3 is 2. The van der Waals surface area contributed by atoms with Crippen LogP contribution in [0.4, 0.5) is 4.79 Å². The Kier molecular flexibility index (Phi) is 5.60. The molecule has 0 unspecified atom stereocenters. The zero-order valence-corrected chi connectivity index (χ0v) is 12.1. The lowest BCUT2D eigenvalue weighted by Gasteiger charge is -2.33. The number of esters is 1. The van der Waals surface area contributed by atoms with Gasteiger partial charge in [0.1, 0.15) is 5.60 Å². The van der Waals surface area contributed by atoms with Crippen molar-refractivity contribution in [1.29, 1.82) is 0 Å². The molecule has 0 aromatic heterocycles. The van der Waals surface area contributed by atoms with Gasteiger partial charge in [0.2, 0.25) is 0 Å². The molecule has 1 amide bonds. The lowest BCUT2D eigenvalue weighted by Crippen LogP contribution is -2.60. The predicted octanol–water partition coefficient (Wildman–Crippen LogP) is 1.48. The van der Waals surface area contributed by atoms with Crippen LogP contribution in [0.15, 0.2) is 0 Å². The van der Waals surface area contributed by atoms with Gasteiger partial charge >= 0.3 is 12.1 Å². The number of hydrogen-bond donors (Lipinski definition) is 1. The van der Waals surface area contributed by atoms with Gasteiger partial charge < -0.3 is 19.5 Å². The second-order valence-electron chi connectivity index (χ2n) is 5.20. The van der Waals surface area contributed by atoms with Crippen LogP contribution in [-0.2, 0) is 19.0 Å². The summed E-state index contributed by atoms with van der Waals surface area (Å²) in [5.74, 6) is -0.595. The summed E-state index contributed by atoms with van der Waals surface area (Å²) in [5, 5.41) is 2.49. The minimum Gasteiger partial charge on any atom is -0.467 e. The first-order chi connectivity index (χ1) is 8.06. The van der Waals surface area contributed by atoms with Crippen molar-refractivity contribution in [3.63, 3.8) is 0 Å². The van der Waals surface area contributed by atoms with Gasteiger partial charge in [0.25, 0.3) is 0 Å². The maximum Gasteiger partial charge on any atom is 0.408 e. The van der Waals surface area contributed by atoms with Crippen LogP contribution in [0.5, 0.6) is 0 Å². The van der Waals surface area contributed by atoms with E-state index in [0.29, 0.717) is 0 Å². The van der Waals surface area contributed by atoms with Crippen LogP contribution in [-0.4, -0.2) is 43.5 Å². The molecule has 6 nitrogen and oxygen atoms in total. The van der Waals surface area contributed by atoms with E-state index < -0.39 is 29.3 Å². The molecule has 0 aromatic carbocycles. The fourth-order valence-electron chi connectivity index (χ4n) is 1.28. The first kappa shape index (κ1) is 16.7. The Balaban J connectivity index is 4.92. The standard InChI is InChI=1S/C12H23NO5/c1-8(16-6)12(5,9(14)17-7)13-10(15)18-11(2,3)4/h8H,1-7H3,(H,13,15)/t8-,12-/m1/s1. The molecule has 0 rings (SSSR count). The molecule has 106 valence electrons. The van der Waals surface area contributed by atoms with Gasteiger partial charge in [-0.1, -0.05) is 0 Å². The molecule has 0 aromatic rings. The Morgan fingerprint density at radius 3 is 1.94 bits per heavy atom. The highest BCUT2D eigenvalue weighted by atomic mass is 16.6. The fraction of sp³-hybridized carbons (Fsp3) is 0.833. The summed E-state index contributed by atoms with van der Waals surface area (Å²) >= 11 is 0.